The Bertz CT molecular complexity index is 308. The minimum absolute atomic E-state index is 0.139. The van der Waals surface area contributed by atoms with E-state index in [2.05, 4.69) is 17.2 Å². The van der Waals surface area contributed by atoms with Crippen LogP contribution >= 0.6 is 11.6 Å². The van der Waals surface area contributed by atoms with Gasteiger partial charge in [-0.15, -0.1) is 0 Å². The molecule has 76 valence electrons. The molecule has 0 saturated carbocycles. The van der Waals surface area contributed by atoms with Crippen LogP contribution in [0.2, 0.25) is 5.15 Å². The molecule has 1 saturated heterocycles. The van der Waals surface area contributed by atoms with Crippen LogP contribution in [0.3, 0.4) is 0 Å². The Hall–Kier alpha value is -0.800. The summed E-state index contributed by atoms with van der Waals surface area (Å²) in [5.74, 6) is 0.768. The topological polar surface area (TPSA) is 34.1 Å². The summed E-state index contributed by atoms with van der Waals surface area (Å²) in [4.78, 5) is 3.94. The van der Waals surface area contributed by atoms with E-state index in [0.29, 0.717) is 11.8 Å². The van der Waals surface area contributed by atoms with Gasteiger partial charge in [0.2, 0.25) is 0 Å². The van der Waals surface area contributed by atoms with Gasteiger partial charge in [0.25, 0.3) is 0 Å². The van der Waals surface area contributed by atoms with Crippen LogP contribution in [0.25, 0.3) is 0 Å². The van der Waals surface area contributed by atoms with Crippen LogP contribution in [-0.2, 0) is 0 Å². The molecule has 0 amide bonds. The van der Waals surface area contributed by atoms with Gasteiger partial charge in [0, 0.05) is 0 Å². The van der Waals surface area contributed by atoms with Crippen molar-refractivity contribution in [2.24, 2.45) is 0 Å². The van der Waals surface area contributed by atoms with Crippen molar-refractivity contribution in [1.82, 2.24) is 10.3 Å². The van der Waals surface area contributed by atoms with Crippen LogP contribution < -0.4 is 10.1 Å². The number of hydrogen-bond donors (Lipinski definition) is 1. The molecule has 0 spiro atoms. The predicted molar refractivity (Wildman–Crippen MR) is 55.8 cm³/mol. The van der Waals surface area contributed by atoms with Crippen molar-refractivity contribution in [2.45, 2.75) is 18.9 Å². The number of nitrogens with zero attached hydrogens (tertiary/aromatic N) is 1. The Balaban J connectivity index is 1.88. The number of hydrogen-bond acceptors (Lipinski definition) is 3. The molecule has 4 heteroatoms. The highest BCUT2D eigenvalue weighted by Crippen LogP contribution is 2.20. The van der Waals surface area contributed by atoms with Crippen molar-refractivity contribution in [1.29, 1.82) is 0 Å². The van der Waals surface area contributed by atoms with Crippen LogP contribution in [0.15, 0.2) is 18.3 Å². The second kappa shape index (κ2) is 3.75. The Morgan fingerprint density at radius 3 is 2.93 bits per heavy atom. The van der Waals surface area contributed by atoms with Crippen LogP contribution in [0.1, 0.15) is 13.3 Å². The molecule has 0 unspecified atom stereocenters. The number of nitrogens with one attached hydrogen (secondary N) is 1. The number of halogens is 1. The second-order valence-corrected chi connectivity index (χ2v) is 4.23. The van der Waals surface area contributed by atoms with Crippen molar-refractivity contribution < 1.29 is 4.74 Å². The smallest absolute Gasteiger partial charge is 0.137 e. The third-order valence-electron chi connectivity index (χ3n) is 2.49. The third-order valence-corrected chi connectivity index (χ3v) is 2.71. The van der Waals surface area contributed by atoms with Crippen molar-refractivity contribution in [3.63, 3.8) is 0 Å². The Kier molecular flexibility index (Phi) is 2.61. The first-order valence-electron chi connectivity index (χ1n) is 4.67. The molecule has 1 N–H and O–H groups in total. The molecule has 2 rings (SSSR count). The van der Waals surface area contributed by atoms with E-state index in [9.17, 15) is 0 Å². The van der Waals surface area contributed by atoms with Crippen LogP contribution in [0.5, 0.6) is 5.75 Å². The Morgan fingerprint density at radius 2 is 2.43 bits per heavy atom. The van der Waals surface area contributed by atoms with E-state index in [0.717, 1.165) is 18.7 Å². The Morgan fingerprint density at radius 1 is 1.64 bits per heavy atom. The van der Waals surface area contributed by atoms with Gasteiger partial charge in [-0.3, -0.25) is 0 Å². The molecule has 1 aromatic rings. The number of aromatic nitrogens is 1. The zero-order chi connectivity index (χ0) is 10.0. The lowest BCUT2D eigenvalue weighted by atomic mass is 9.91. The summed E-state index contributed by atoms with van der Waals surface area (Å²) in [7, 11) is 0. The normalized spacial score (nSPS) is 25.6. The van der Waals surface area contributed by atoms with E-state index in [-0.39, 0.29) is 5.54 Å². The monoisotopic (exact) mass is 212 g/mol. The molecular weight excluding hydrogens is 200 g/mol. The molecule has 1 aromatic heterocycles. The van der Waals surface area contributed by atoms with Crippen molar-refractivity contribution in [3.8, 4) is 5.75 Å². The molecule has 2 heterocycles. The predicted octanol–water partition coefficient (Wildman–Crippen LogP) is 1.87. The molecule has 0 radical (unpaired) electrons. The summed E-state index contributed by atoms with van der Waals surface area (Å²) in [5.41, 5.74) is 0.139. The van der Waals surface area contributed by atoms with Gasteiger partial charge in [-0.05, 0) is 32.0 Å². The third kappa shape index (κ3) is 2.16. The molecule has 3 nitrogen and oxygen atoms in total. The van der Waals surface area contributed by atoms with Crippen molar-refractivity contribution >= 4 is 11.6 Å². The maximum absolute atomic E-state index is 5.66. The first kappa shape index (κ1) is 9.74. The zero-order valence-electron chi connectivity index (χ0n) is 8.09. The highest BCUT2D eigenvalue weighted by Gasteiger charge is 2.31. The van der Waals surface area contributed by atoms with E-state index in [1.165, 1.54) is 0 Å². The Labute approximate surface area is 88.4 Å². The lowest BCUT2D eigenvalue weighted by molar-refractivity contribution is 0.132. The van der Waals surface area contributed by atoms with Gasteiger partial charge in [0.15, 0.2) is 0 Å². The molecule has 14 heavy (non-hydrogen) atoms. The molecule has 1 aliphatic rings. The molecule has 0 aliphatic carbocycles. The number of pyridine rings is 1. The van der Waals surface area contributed by atoms with Crippen molar-refractivity contribution in [3.05, 3.63) is 23.5 Å². The fourth-order valence-corrected chi connectivity index (χ4v) is 1.48. The molecule has 0 bridgehead atoms. The lowest BCUT2D eigenvalue weighted by Crippen LogP contribution is -2.58. The van der Waals surface area contributed by atoms with E-state index in [1.807, 2.05) is 6.07 Å². The summed E-state index contributed by atoms with van der Waals surface area (Å²) in [5, 5.41) is 3.82. The largest absolute Gasteiger partial charge is 0.490 e. The van der Waals surface area contributed by atoms with Crippen LogP contribution in [0.4, 0.5) is 0 Å². The standard InChI is InChI=1S/C10H13ClN2O/c1-10(4-5-13-10)7-14-8-2-3-9(11)12-6-8/h2-3,6,13H,4-5,7H2,1H3/t10-/m0/s1. The summed E-state index contributed by atoms with van der Waals surface area (Å²) in [6, 6.07) is 3.56. The van der Waals surface area contributed by atoms with Gasteiger partial charge in [-0.1, -0.05) is 11.6 Å². The van der Waals surface area contributed by atoms with E-state index in [1.54, 1.807) is 12.3 Å². The van der Waals surface area contributed by atoms with E-state index < -0.39 is 0 Å². The van der Waals surface area contributed by atoms with Crippen LogP contribution in [-0.4, -0.2) is 23.7 Å². The lowest BCUT2D eigenvalue weighted by Gasteiger charge is -2.39. The average Bonchev–Trinajstić information content (AvgIpc) is 2.14. The highest BCUT2D eigenvalue weighted by molar-refractivity contribution is 6.29. The van der Waals surface area contributed by atoms with Crippen molar-refractivity contribution in [2.75, 3.05) is 13.2 Å². The first-order chi connectivity index (χ1) is 6.68. The summed E-state index contributed by atoms with van der Waals surface area (Å²) in [6.07, 6.45) is 2.80. The summed E-state index contributed by atoms with van der Waals surface area (Å²) >= 11 is 5.66. The van der Waals surface area contributed by atoms with Crippen LogP contribution in [0, 0.1) is 0 Å². The summed E-state index contributed by atoms with van der Waals surface area (Å²) in [6.45, 7) is 3.91. The van der Waals surface area contributed by atoms with Gasteiger partial charge in [-0.25, -0.2) is 4.98 Å². The number of ether oxygens (including phenoxy) is 1. The van der Waals surface area contributed by atoms with Gasteiger partial charge in [0.05, 0.1) is 11.7 Å². The minimum atomic E-state index is 0.139. The SMILES string of the molecule is C[C@@]1(COc2ccc(Cl)nc2)CCN1. The first-order valence-corrected chi connectivity index (χ1v) is 5.05. The fourth-order valence-electron chi connectivity index (χ4n) is 1.37. The molecule has 1 aliphatic heterocycles. The second-order valence-electron chi connectivity index (χ2n) is 3.84. The van der Waals surface area contributed by atoms with E-state index in [4.69, 9.17) is 16.3 Å². The number of rotatable bonds is 3. The van der Waals surface area contributed by atoms with E-state index >= 15 is 0 Å². The quantitative estimate of drug-likeness (QED) is 0.777. The maximum atomic E-state index is 5.66. The highest BCUT2D eigenvalue weighted by atomic mass is 35.5. The molecule has 1 fully saturated rings. The maximum Gasteiger partial charge on any atom is 0.137 e. The van der Waals surface area contributed by atoms with Gasteiger partial charge >= 0.3 is 0 Å². The molecule has 0 aromatic carbocycles. The average molecular weight is 213 g/mol. The van der Waals surface area contributed by atoms with Gasteiger partial charge in [-0.2, -0.15) is 0 Å². The molecular formula is C10H13ClN2O. The van der Waals surface area contributed by atoms with Gasteiger partial charge < -0.3 is 10.1 Å². The molecule has 1 atom stereocenters. The van der Waals surface area contributed by atoms with Gasteiger partial charge in [0.1, 0.15) is 17.5 Å². The zero-order valence-corrected chi connectivity index (χ0v) is 8.84. The summed E-state index contributed by atoms with van der Waals surface area (Å²) < 4.78 is 5.58. The minimum Gasteiger partial charge on any atom is -0.490 e. The fraction of sp³-hybridized carbons (Fsp3) is 0.500.